The van der Waals surface area contributed by atoms with Crippen molar-refractivity contribution in [3.63, 3.8) is 0 Å². The molecule has 1 aliphatic rings. The lowest BCUT2D eigenvalue weighted by Crippen LogP contribution is -2.30. The molecule has 0 bridgehead atoms. The third kappa shape index (κ3) is 5.85. The van der Waals surface area contributed by atoms with Gasteiger partial charge in [0.25, 0.3) is 0 Å². The van der Waals surface area contributed by atoms with Crippen molar-refractivity contribution in [2.45, 2.75) is 41.9 Å². The van der Waals surface area contributed by atoms with Gasteiger partial charge in [0.2, 0.25) is 0 Å². The van der Waals surface area contributed by atoms with Crippen LogP contribution < -0.4 is 16.2 Å². The van der Waals surface area contributed by atoms with E-state index in [1.807, 2.05) is 30.3 Å². The van der Waals surface area contributed by atoms with Gasteiger partial charge in [-0.05, 0) is 81.7 Å². The number of hydrogen-bond donors (Lipinski definition) is 2. The van der Waals surface area contributed by atoms with Gasteiger partial charge < -0.3 is 21.1 Å². The maximum absolute atomic E-state index is 5.94. The summed E-state index contributed by atoms with van der Waals surface area (Å²) >= 11 is 1.66. The average Bonchev–Trinajstić information content (AvgIpc) is 2.66. The molecule has 4 nitrogen and oxygen atoms in total. The zero-order valence-corrected chi connectivity index (χ0v) is 16.1. The first kappa shape index (κ1) is 18.9. The molecule has 2 aromatic carbocycles. The van der Waals surface area contributed by atoms with E-state index >= 15 is 0 Å². The normalized spacial score (nSPS) is 15.1. The molecule has 1 fully saturated rings. The van der Waals surface area contributed by atoms with Gasteiger partial charge in [0, 0.05) is 9.79 Å². The number of likely N-dealkylation sites (tertiary alicyclic amines) is 1. The van der Waals surface area contributed by atoms with Gasteiger partial charge in [-0.2, -0.15) is 0 Å². The molecule has 4 N–H and O–H groups in total. The Hall–Kier alpha value is -1.85. The maximum atomic E-state index is 5.94. The van der Waals surface area contributed by atoms with E-state index in [0.717, 1.165) is 28.6 Å². The summed E-state index contributed by atoms with van der Waals surface area (Å²) in [6, 6.07) is 14.0. The van der Waals surface area contributed by atoms with Gasteiger partial charge in [-0.25, -0.2) is 0 Å². The summed E-state index contributed by atoms with van der Waals surface area (Å²) < 4.78 is 5.94. The fourth-order valence-electron chi connectivity index (χ4n) is 3.19. The Labute approximate surface area is 160 Å². The number of unbranched alkanes of at least 4 members (excludes halogenated alkanes) is 1. The molecule has 0 amide bonds. The molecule has 0 spiro atoms. The molecular formula is C21H29N3OS. The highest BCUT2D eigenvalue weighted by molar-refractivity contribution is 7.99. The molecule has 1 heterocycles. The Morgan fingerprint density at radius 3 is 2.50 bits per heavy atom. The van der Waals surface area contributed by atoms with Crippen molar-refractivity contribution in [3.05, 3.63) is 42.5 Å². The Balaban J connectivity index is 1.42. The van der Waals surface area contributed by atoms with Crippen molar-refractivity contribution in [1.29, 1.82) is 0 Å². The number of nitrogen functional groups attached to an aromatic ring is 2. The number of nitrogens with zero attached hydrogens (tertiary/aromatic N) is 1. The fourth-order valence-corrected chi connectivity index (χ4v) is 4.11. The summed E-state index contributed by atoms with van der Waals surface area (Å²) in [5, 5.41) is 0. The number of piperidine rings is 1. The van der Waals surface area contributed by atoms with E-state index in [-0.39, 0.29) is 0 Å². The zero-order chi connectivity index (χ0) is 18.2. The summed E-state index contributed by atoms with van der Waals surface area (Å²) in [4.78, 5) is 4.80. The predicted octanol–water partition coefficient (Wildman–Crippen LogP) is 4.65. The smallest absolute Gasteiger partial charge is 0.120 e. The highest BCUT2D eigenvalue weighted by atomic mass is 32.2. The van der Waals surface area contributed by atoms with Crippen LogP contribution in [0, 0.1) is 0 Å². The second kappa shape index (κ2) is 9.74. The lowest BCUT2D eigenvalue weighted by molar-refractivity contribution is 0.216. The zero-order valence-electron chi connectivity index (χ0n) is 15.3. The Morgan fingerprint density at radius 1 is 0.885 bits per heavy atom. The van der Waals surface area contributed by atoms with Crippen LogP contribution in [0.15, 0.2) is 52.3 Å². The maximum Gasteiger partial charge on any atom is 0.120 e. The molecule has 0 aliphatic carbocycles. The third-order valence-electron chi connectivity index (χ3n) is 4.69. The number of benzene rings is 2. The van der Waals surface area contributed by atoms with Gasteiger partial charge in [-0.3, -0.25) is 0 Å². The first-order valence-electron chi connectivity index (χ1n) is 9.49. The van der Waals surface area contributed by atoms with E-state index < -0.39 is 0 Å². The molecule has 1 saturated heterocycles. The monoisotopic (exact) mass is 371 g/mol. The molecule has 140 valence electrons. The van der Waals surface area contributed by atoms with Crippen LogP contribution in [0.2, 0.25) is 0 Å². The molecule has 0 saturated carbocycles. The topological polar surface area (TPSA) is 64.5 Å². The minimum Gasteiger partial charge on any atom is -0.494 e. The van der Waals surface area contributed by atoms with E-state index in [2.05, 4.69) is 17.0 Å². The van der Waals surface area contributed by atoms with Crippen LogP contribution in [0.25, 0.3) is 0 Å². The van der Waals surface area contributed by atoms with Crippen LogP contribution in [0.5, 0.6) is 5.75 Å². The molecule has 0 unspecified atom stereocenters. The van der Waals surface area contributed by atoms with Crippen LogP contribution in [-0.2, 0) is 0 Å². The molecule has 0 aromatic heterocycles. The van der Waals surface area contributed by atoms with Crippen molar-refractivity contribution >= 4 is 23.1 Å². The third-order valence-corrected chi connectivity index (χ3v) is 5.66. The van der Waals surface area contributed by atoms with E-state index in [4.69, 9.17) is 16.2 Å². The van der Waals surface area contributed by atoms with Crippen LogP contribution in [0.4, 0.5) is 11.4 Å². The first-order chi connectivity index (χ1) is 12.7. The van der Waals surface area contributed by atoms with Gasteiger partial charge in [-0.15, -0.1) is 0 Å². The lowest BCUT2D eigenvalue weighted by Gasteiger charge is -2.26. The lowest BCUT2D eigenvalue weighted by atomic mass is 10.1. The molecule has 2 aromatic rings. The second-order valence-electron chi connectivity index (χ2n) is 6.83. The van der Waals surface area contributed by atoms with Crippen molar-refractivity contribution in [2.75, 3.05) is 37.7 Å². The number of rotatable bonds is 8. The van der Waals surface area contributed by atoms with E-state index in [0.29, 0.717) is 11.4 Å². The predicted molar refractivity (Wildman–Crippen MR) is 111 cm³/mol. The molecule has 1 aliphatic heterocycles. The largest absolute Gasteiger partial charge is 0.494 e. The van der Waals surface area contributed by atoms with Gasteiger partial charge in [-0.1, -0.05) is 24.2 Å². The van der Waals surface area contributed by atoms with Gasteiger partial charge in [0.15, 0.2) is 0 Å². The van der Waals surface area contributed by atoms with E-state index in [1.54, 1.807) is 11.8 Å². The summed E-state index contributed by atoms with van der Waals surface area (Å²) in [5.41, 5.74) is 12.9. The van der Waals surface area contributed by atoms with Crippen LogP contribution >= 0.6 is 11.8 Å². The summed E-state index contributed by atoms with van der Waals surface area (Å²) in [5.74, 6) is 0.927. The van der Waals surface area contributed by atoms with Gasteiger partial charge in [0.1, 0.15) is 5.75 Å². The Morgan fingerprint density at radius 2 is 1.69 bits per heavy atom. The quantitative estimate of drug-likeness (QED) is 0.522. The highest BCUT2D eigenvalue weighted by Crippen LogP contribution is 2.32. The van der Waals surface area contributed by atoms with Crippen molar-refractivity contribution in [2.24, 2.45) is 0 Å². The molecule has 5 heteroatoms. The summed E-state index contributed by atoms with van der Waals surface area (Å²) in [6.07, 6.45) is 6.43. The minimum absolute atomic E-state index is 0.621. The van der Waals surface area contributed by atoms with E-state index in [9.17, 15) is 0 Å². The minimum atomic E-state index is 0.621. The molecule has 0 radical (unpaired) electrons. The fraction of sp³-hybridized carbons (Fsp3) is 0.429. The second-order valence-corrected chi connectivity index (χ2v) is 7.97. The number of ether oxygens (including phenoxy) is 1. The first-order valence-corrected chi connectivity index (χ1v) is 10.3. The number of anilines is 2. The number of nitrogens with two attached hydrogens (primary N) is 2. The van der Waals surface area contributed by atoms with E-state index in [1.165, 1.54) is 45.3 Å². The highest BCUT2D eigenvalue weighted by Gasteiger charge is 2.09. The van der Waals surface area contributed by atoms with Crippen molar-refractivity contribution in [3.8, 4) is 5.75 Å². The Bertz CT molecular complexity index is 701. The summed E-state index contributed by atoms with van der Waals surface area (Å²) in [6.45, 7) is 4.53. The Kier molecular flexibility index (Phi) is 7.09. The SMILES string of the molecule is Nc1ccc(Sc2cccc(OCCCCN3CCCCC3)c2)cc1N. The van der Waals surface area contributed by atoms with Gasteiger partial charge >= 0.3 is 0 Å². The molecule has 26 heavy (non-hydrogen) atoms. The molecular weight excluding hydrogens is 342 g/mol. The summed E-state index contributed by atoms with van der Waals surface area (Å²) in [7, 11) is 0. The van der Waals surface area contributed by atoms with Crippen molar-refractivity contribution < 1.29 is 4.74 Å². The molecule has 3 rings (SSSR count). The number of hydrogen-bond acceptors (Lipinski definition) is 5. The van der Waals surface area contributed by atoms with Crippen LogP contribution in [-0.4, -0.2) is 31.1 Å². The standard InChI is InChI=1S/C21H29N3OS/c22-20-10-9-19(16-21(20)23)26-18-8-6-7-17(15-18)25-14-5-4-13-24-11-2-1-3-12-24/h6-10,15-16H,1-5,11-14,22-23H2. The van der Waals surface area contributed by atoms with Crippen LogP contribution in [0.3, 0.4) is 0 Å². The molecule has 0 atom stereocenters. The van der Waals surface area contributed by atoms with Gasteiger partial charge in [0.05, 0.1) is 18.0 Å². The van der Waals surface area contributed by atoms with Crippen molar-refractivity contribution in [1.82, 2.24) is 4.90 Å². The van der Waals surface area contributed by atoms with Crippen LogP contribution in [0.1, 0.15) is 32.1 Å². The average molecular weight is 372 g/mol.